The number of nitrogens with one attached hydrogen (secondary N) is 1. The fourth-order valence-corrected chi connectivity index (χ4v) is 2.26. The van der Waals surface area contributed by atoms with E-state index in [4.69, 9.17) is 5.73 Å². The molecule has 2 amide bonds. The van der Waals surface area contributed by atoms with E-state index in [1.807, 2.05) is 0 Å². The molecule has 114 valence electrons. The van der Waals surface area contributed by atoms with Gasteiger partial charge in [0.25, 0.3) is 5.91 Å². The second-order valence-corrected chi connectivity index (χ2v) is 4.93. The minimum Gasteiger partial charge on any atom is -0.507 e. The molecule has 0 fully saturated rings. The van der Waals surface area contributed by atoms with E-state index in [1.54, 1.807) is 36.4 Å². The number of fused-ring (bicyclic) bond motifs is 1. The van der Waals surface area contributed by atoms with Gasteiger partial charge in [-0.3, -0.25) is 14.6 Å². The fraction of sp³-hybridized carbons (Fsp3) is 0. The average Bonchev–Trinajstić information content (AvgIpc) is 2.56. The number of aromatic hydroxyl groups is 1. The summed E-state index contributed by atoms with van der Waals surface area (Å²) in [6.45, 7) is 0. The number of aromatic nitrogens is 1. The Morgan fingerprint density at radius 2 is 1.74 bits per heavy atom. The number of nitrogens with two attached hydrogens (primary N) is 1. The molecule has 6 heteroatoms. The van der Waals surface area contributed by atoms with Crippen molar-refractivity contribution in [2.24, 2.45) is 5.73 Å². The third-order valence-corrected chi connectivity index (χ3v) is 3.43. The van der Waals surface area contributed by atoms with Gasteiger partial charge in [0.2, 0.25) is 5.91 Å². The molecule has 6 nitrogen and oxygen atoms in total. The number of benzene rings is 2. The molecule has 0 bridgehead atoms. The molecule has 1 heterocycles. The molecule has 2 aromatic carbocycles. The first kappa shape index (κ1) is 14.5. The lowest BCUT2D eigenvalue weighted by Crippen LogP contribution is -2.16. The van der Waals surface area contributed by atoms with Crippen molar-refractivity contribution in [3.05, 3.63) is 66.0 Å². The SMILES string of the molecule is NC(=O)c1ccc(C(=O)Nc2cccc3c(O)cccc23)nc1. The van der Waals surface area contributed by atoms with Gasteiger partial charge in [0.15, 0.2) is 0 Å². The molecule has 23 heavy (non-hydrogen) atoms. The number of amides is 2. The van der Waals surface area contributed by atoms with Gasteiger partial charge in [-0.25, -0.2) is 0 Å². The second kappa shape index (κ2) is 5.76. The number of nitrogens with zero attached hydrogens (tertiary/aromatic N) is 1. The van der Waals surface area contributed by atoms with Crippen LogP contribution < -0.4 is 11.1 Å². The molecular formula is C17H13N3O3. The molecule has 3 rings (SSSR count). The van der Waals surface area contributed by atoms with E-state index in [2.05, 4.69) is 10.3 Å². The second-order valence-electron chi connectivity index (χ2n) is 4.93. The van der Waals surface area contributed by atoms with Crippen LogP contribution >= 0.6 is 0 Å². The summed E-state index contributed by atoms with van der Waals surface area (Å²) in [5.41, 5.74) is 6.09. The first-order valence-corrected chi connectivity index (χ1v) is 6.84. The summed E-state index contributed by atoms with van der Waals surface area (Å²) in [5, 5.41) is 14.0. The summed E-state index contributed by atoms with van der Waals surface area (Å²) in [6.07, 6.45) is 1.26. The zero-order valence-corrected chi connectivity index (χ0v) is 12.0. The molecule has 0 atom stereocenters. The highest BCUT2D eigenvalue weighted by molar-refractivity contribution is 6.09. The van der Waals surface area contributed by atoms with Crippen molar-refractivity contribution in [2.45, 2.75) is 0 Å². The minimum atomic E-state index is -0.603. The molecule has 1 aromatic heterocycles. The largest absolute Gasteiger partial charge is 0.507 e. The Bertz CT molecular complexity index is 905. The van der Waals surface area contributed by atoms with E-state index in [-0.39, 0.29) is 17.0 Å². The van der Waals surface area contributed by atoms with Crippen molar-refractivity contribution in [1.29, 1.82) is 0 Å². The maximum atomic E-state index is 12.3. The van der Waals surface area contributed by atoms with Gasteiger partial charge in [0, 0.05) is 22.7 Å². The summed E-state index contributed by atoms with van der Waals surface area (Å²) >= 11 is 0. The van der Waals surface area contributed by atoms with Crippen LogP contribution in [0.3, 0.4) is 0 Å². The van der Waals surface area contributed by atoms with E-state index in [1.165, 1.54) is 18.3 Å². The zero-order valence-electron chi connectivity index (χ0n) is 12.0. The van der Waals surface area contributed by atoms with Crippen LogP contribution in [0.25, 0.3) is 10.8 Å². The van der Waals surface area contributed by atoms with Gasteiger partial charge in [-0.15, -0.1) is 0 Å². The number of anilines is 1. The topological polar surface area (TPSA) is 105 Å². The average molecular weight is 307 g/mol. The molecular weight excluding hydrogens is 294 g/mol. The van der Waals surface area contributed by atoms with Crippen LogP contribution in [0.2, 0.25) is 0 Å². The lowest BCUT2D eigenvalue weighted by atomic mass is 10.1. The molecule has 0 spiro atoms. The van der Waals surface area contributed by atoms with Crippen LogP contribution in [0.5, 0.6) is 5.75 Å². The summed E-state index contributed by atoms with van der Waals surface area (Å²) < 4.78 is 0. The smallest absolute Gasteiger partial charge is 0.274 e. The number of rotatable bonds is 3. The number of pyridine rings is 1. The van der Waals surface area contributed by atoms with Crippen LogP contribution in [-0.2, 0) is 0 Å². The molecule has 0 saturated heterocycles. The van der Waals surface area contributed by atoms with Gasteiger partial charge < -0.3 is 16.2 Å². The number of phenolic OH excluding ortho intramolecular Hbond substituents is 1. The van der Waals surface area contributed by atoms with E-state index in [9.17, 15) is 14.7 Å². The van der Waals surface area contributed by atoms with Crippen molar-refractivity contribution in [3.8, 4) is 5.75 Å². The lowest BCUT2D eigenvalue weighted by Gasteiger charge is -2.09. The maximum absolute atomic E-state index is 12.3. The Morgan fingerprint density at radius 3 is 2.43 bits per heavy atom. The van der Waals surface area contributed by atoms with Crippen LogP contribution in [0.15, 0.2) is 54.7 Å². The number of hydrogen-bond acceptors (Lipinski definition) is 4. The van der Waals surface area contributed by atoms with Gasteiger partial charge in [-0.2, -0.15) is 0 Å². The van der Waals surface area contributed by atoms with Crippen LogP contribution in [0.1, 0.15) is 20.8 Å². The van der Waals surface area contributed by atoms with Gasteiger partial charge in [-0.1, -0.05) is 24.3 Å². The maximum Gasteiger partial charge on any atom is 0.274 e. The first-order valence-electron chi connectivity index (χ1n) is 6.84. The Morgan fingerprint density at radius 1 is 1.00 bits per heavy atom. The van der Waals surface area contributed by atoms with E-state index >= 15 is 0 Å². The number of carbonyl (C=O) groups is 2. The minimum absolute atomic E-state index is 0.141. The number of carbonyl (C=O) groups excluding carboxylic acids is 2. The molecule has 0 aliphatic heterocycles. The van der Waals surface area contributed by atoms with E-state index < -0.39 is 11.8 Å². The van der Waals surface area contributed by atoms with Crippen molar-refractivity contribution >= 4 is 28.3 Å². The van der Waals surface area contributed by atoms with Gasteiger partial charge in [0.1, 0.15) is 11.4 Å². The molecule has 0 aliphatic rings. The third kappa shape index (κ3) is 2.82. The fourth-order valence-electron chi connectivity index (χ4n) is 2.26. The molecule has 0 saturated carbocycles. The van der Waals surface area contributed by atoms with Crippen molar-refractivity contribution in [2.75, 3.05) is 5.32 Å². The van der Waals surface area contributed by atoms with Crippen LogP contribution in [0.4, 0.5) is 5.69 Å². The van der Waals surface area contributed by atoms with Gasteiger partial charge in [0.05, 0.1) is 5.56 Å². The summed E-state index contributed by atoms with van der Waals surface area (Å²) in [7, 11) is 0. The molecule has 0 aliphatic carbocycles. The van der Waals surface area contributed by atoms with Gasteiger partial charge in [-0.05, 0) is 24.3 Å². The summed E-state index contributed by atoms with van der Waals surface area (Å²) in [6, 6.07) is 13.2. The lowest BCUT2D eigenvalue weighted by molar-refractivity contribution is 0.0993. The predicted octanol–water partition coefficient (Wildman–Crippen LogP) is 2.29. The Labute approximate surface area is 131 Å². The van der Waals surface area contributed by atoms with Crippen LogP contribution in [0, 0.1) is 0 Å². The van der Waals surface area contributed by atoms with Crippen LogP contribution in [-0.4, -0.2) is 21.9 Å². The quantitative estimate of drug-likeness (QED) is 0.690. The highest BCUT2D eigenvalue weighted by Gasteiger charge is 2.11. The van der Waals surface area contributed by atoms with Gasteiger partial charge >= 0.3 is 0 Å². The standard InChI is InChI=1S/C17H13N3O3/c18-16(22)10-7-8-14(19-9-10)17(23)20-13-5-1-4-12-11(13)3-2-6-15(12)21/h1-9,21H,(H2,18,22)(H,20,23). The summed E-state index contributed by atoms with van der Waals surface area (Å²) in [5.74, 6) is -0.881. The normalized spacial score (nSPS) is 10.4. The number of primary amides is 1. The summed E-state index contributed by atoms with van der Waals surface area (Å²) in [4.78, 5) is 27.2. The number of hydrogen-bond donors (Lipinski definition) is 3. The highest BCUT2D eigenvalue weighted by Crippen LogP contribution is 2.29. The van der Waals surface area contributed by atoms with Crippen molar-refractivity contribution < 1.29 is 14.7 Å². The third-order valence-electron chi connectivity index (χ3n) is 3.43. The molecule has 4 N–H and O–H groups in total. The molecule has 0 radical (unpaired) electrons. The predicted molar refractivity (Wildman–Crippen MR) is 86.3 cm³/mol. The van der Waals surface area contributed by atoms with E-state index in [0.29, 0.717) is 11.1 Å². The Kier molecular flexibility index (Phi) is 3.64. The zero-order chi connectivity index (χ0) is 16.4. The first-order chi connectivity index (χ1) is 11.1. The molecule has 0 unspecified atom stereocenters. The highest BCUT2D eigenvalue weighted by atomic mass is 16.3. The Balaban J connectivity index is 1.91. The van der Waals surface area contributed by atoms with Crippen molar-refractivity contribution in [1.82, 2.24) is 4.98 Å². The monoisotopic (exact) mass is 307 g/mol. The molecule has 3 aromatic rings. The van der Waals surface area contributed by atoms with E-state index in [0.717, 1.165) is 5.39 Å². The Hall–Kier alpha value is -3.41. The number of phenols is 1. The van der Waals surface area contributed by atoms with Crippen molar-refractivity contribution in [3.63, 3.8) is 0 Å².